The average Bonchev–Trinajstić information content (AvgIpc) is 3.86. The fourth-order valence-corrected chi connectivity index (χ4v) is 7.59. The fourth-order valence-electron chi connectivity index (χ4n) is 6.86. The van der Waals surface area contributed by atoms with E-state index in [4.69, 9.17) is 10.8 Å². The number of aliphatic hydroxyl groups excluding tert-OH is 1. The van der Waals surface area contributed by atoms with Gasteiger partial charge in [0.2, 0.25) is 65.0 Å². The number of nitrogens with one attached hydrogen (secondary N) is 10. The summed E-state index contributed by atoms with van der Waals surface area (Å²) in [5.41, 5.74) is 5.48. The quantitative estimate of drug-likeness (QED) is 0.0262. The van der Waals surface area contributed by atoms with E-state index in [0.29, 0.717) is 12.2 Å². The molecule has 9 atom stereocenters. The van der Waals surface area contributed by atoms with Gasteiger partial charge >= 0.3 is 23.9 Å². The molecule has 432 valence electrons. The zero-order valence-corrected chi connectivity index (χ0v) is 44.1. The number of nitrogens with two attached hydrogens (primary N) is 1. The monoisotopic (exact) mass is 1140 g/mol. The van der Waals surface area contributed by atoms with Gasteiger partial charge in [-0.3, -0.25) is 67.1 Å². The van der Waals surface area contributed by atoms with Crippen LogP contribution >= 0.6 is 24.4 Å². The third-order valence-electron chi connectivity index (χ3n) is 11.1. The molecular formula is C43H68N12O20S2. The number of carboxylic acid groups (broad SMARTS) is 4. The van der Waals surface area contributed by atoms with Gasteiger partial charge in [0.1, 0.15) is 48.3 Å². The van der Waals surface area contributed by atoms with Gasteiger partial charge in [-0.2, -0.15) is 24.4 Å². The number of carboxylic acids is 4. The number of thiol groups is 1. The van der Waals surface area contributed by atoms with E-state index >= 15 is 0 Å². The highest BCUT2D eigenvalue weighted by atomic mass is 32.2. The van der Waals surface area contributed by atoms with Crippen molar-refractivity contribution in [3.8, 4) is 0 Å². The number of aliphatic carboxylic acids is 4. The lowest BCUT2D eigenvalue weighted by Crippen LogP contribution is -2.58. The molecule has 0 aliphatic carbocycles. The van der Waals surface area contributed by atoms with Gasteiger partial charge in [0.05, 0.1) is 45.1 Å². The largest absolute Gasteiger partial charge is 0.481 e. The molecule has 1 fully saturated rings. The molecule has 1 saturated heterocycles. The average molecular weight is 1140 g/mol. The van der Waals surface area contributed by atoms with Crippen LogP contribution in [-0.2, 0) is 71.9 Å². The van der Waals surface area contributed by atoms with Gasteiger partial charge in [-0.15, -0.1) is 0 Å². The Morgan fingerprint density at radius 3 is 1.69 bits per heavy atom. The molecule has 34 heteroatoms. The third kappa shape index (κ3) is 24.9. The van der Waals surface area contributed by atoms with Gasteiger partial charge in [0.15, 0.2) is 0 Å². The molecule has 0 radical (unpaired) electrons. The molecule has 32 nitrogen and oxygen atoms in total. The van der Waals surface area contributed by atoms with E-state index in [1.54, 1.807) is 20.1 Å². The Morgan fingerprint density at radius 2 is 1.14 bits per heavy atom. The summed E-state index contributed by atoms with van der Waals surface area (Å²) in [5.74, 6) is -17.2. The van der Waals surface area contributed by atoms with Crippen LogP contribution in [0.4, 0.5) is 0 Å². The van der Waals surface area contributed by atoms with Gasteiger partial charge in [-0.25, -0.2) is 4.79 Å². The fraction of sp³-hybridized carbons (Fsp3) is 0.651. The molecule has 0 bridgehead atoms. The van der Waals surface area contributed by atoms with Crippen LogP contribution in [0, 0.1) is 5.92 Å². The molecule has 0 unspecified atom stereocenters. The zero-order valence-electron chi connectivity index (χ0n) is 42.4. The first kappa shape index (κ1) is 67.7. The highest BCUT2D eigenvalue weighted by Gasteiger charge is 2.37. The van der Waals surface area contributed by atoms with E-state index < -0.39 is 207 Å². The summed E-state index contributed by atoms with van der Waals surface area (Å²) >= 11 is 5.38. The minimum atomic E-state index is -1.97. The van der Waals surface area contributed by atoms with Crippen molar-refractivity contribution in [3.63, 3.8) is 0 Å². The topological polar surface area (TPSA) is 507 Å². The van der Waals surface area contributed by atoms with Crippen molar-refractivity contribution in [3.05, 3.63) is 0 Å². The Hall–Kier alpha value is -7.33. The Morgan fingerprint density at radius 1 is 0.597 bits per heavy atom. The van der Waals surface area contributed by atoms with Crippen molar-refractivity contribution in [2.75, 3.05) is 50.5 Å². The number of rotatable bonds is 35. The maximum Gasteiger partial charge on any atom is 0.326 e. The van der Waals surface area contributed by atoms with Crippen LogP contribution in [0.1, 0.15) is 65.7 Å². The Kier molecular flexibility index (Phi) is 30.2. The molecule has 1 heterocycles. The van der Waals surface area contributed by atoms with Gasteiger partial charge < -0.3 is 89.3 Å². The first-order valence-electron chi connectivity index (χ1n) is 23.6. The molecule has 17 N–H and O–H groups in total. The number of aliphatic hydroxyl groups is 1. The van der Waals surface area contributed by atoms with Gasteiger partial charge in [0.25, 0.3) is 0 Å². The van der Waals surface area contributed by atoms with Crippen LogP contribution in [0.2, 0.25) is 0 Å². The summed E-state index contributed by atoms with van der Waals surface area (Å²) in [4.78, 5) is 189. The predicted octanol–water partition coefficient (Wildman–Crippen LogP) is -7.70. The van der Waals surface area contributed by atoms with Crippen LogP contribution < -0.4 is 58.9 Å². The molecule has 1 aliphatic heterocycles. The molecule has 0 saturated carbocycles. The van der Waals surface area contributed by atoms with Crippen molar-refractivity contribution in [1.82, 2.24) is 58.1 Å². The SMILES string of the molecule is CSCC[C@H](NC(=O)[C@@H]1CCCN1C(=O)CNC(=O)CNC(=O)[C@H](CO)NC(=O)[C@H](CC(=O)O)NC(=O)CNC(=O)[C@H](CCC(=O)O)NC(=O)[C@H](CS)NC(=O)[C@H](C)NC(=O)[C@@H](N)CC(=O)O)C(=O)N[C@H](C(=O)O)C(C)C. The summed E-state index contributed by atoms with van der Waals surface area (Å²) in [6, 6.07) is -13.3. The van der Waals surface area contributed by atoms with E-state index in [1.165, 1.54) is 23.6 Å². The van der Waals surface area contributed by atoms with Gasteiger partial charge in [-0.05, 0) is 50.5 Å². The number of amides is 11. The van der Waals surface area contributed by atoms with E-state index in [0.717, 1.165) is 0 Å². The number of thioether (sulfide) groups is 1. The van der Waals surface area contributed by atoms with Crippen LogP contribution in [0.5, 0.6) is 0 Å². The van der Waals surface area contributed by atoms with Crippen LogP contribution in [0.3, 0.4) is 0 Å². The maximum absolute atomic E-state index is 13.4. The van der Waals surface area contributed by atoms with E-state index in [2.05, 4.69) is 55.2 Å². The number of hydrogen-bond acceptors (Lipinski definition) is 19. The number of hydrogen-bond donors (Lipinski definition) is 17. The lowest BCUT2D eigenvalue weighted by molar-refractivity contribution is -0.144. The van der Waals surface area contributed by atoms with Crippen molar-refractivity contribution in [2.45, 2.75) is 120 Å². The predicted molar refractivity (Wildman–Crippen MR) is 269 cm³/mol. The highest BCUT2D eigenvalue weighted by molar-refractivity contribution is 7.98. The third-order valence-corrected chi connectivity index (χ3v) is 12.1. The molecule has 11 amide bonds. The molecule has 1 aliphatic rings. The molecule has 0 aromatic rings. The second kappa shape index (κ2) is 34.4. The van der Waals surface area contributed by atoms with E-state index in [-0.39, 0.29) is 19.4 Å². The van der Waals surface area contributed by atoms with Crippen LogP contribution in [-0.4, -0.2) is 224 Å². The molecule has 77 heavy (non-hydrogen) atoms. The zero-order chi connectivity index (χ0) is 58.7. The molecule has 0 spiro atoms. The second-order valence-corrected chi connectivity index (χ2v) is 18.9. The van der Waals surface area contributed by atoms with Crippen molar-refractivity contribution < 1.29 is 97.5 Å². The summed E-state index contributed by atoms with van der Waals surface area (Å²) in [6.45, 7) is 0.848. The Labute approximate surface area is 449 Å². The summed E-state index contributed by atoms with van der Waals surface area (Å²) < 4.78 is 0. The highest BCUT2D eigenvalue weighted by Crippen LogP contribution is 2.18. The van der Waals surface area contributed by atoms with Crippen LogP contribution in [0.25, 0.3) is 0 Å². The van der Waals surface area contributed by atoms with Crippen molar-refractivity contribution in [1.29, 1.82) is 0 Å². The molecule has 0 aromatic heterocycles. The minimum Gasteiger partial charge on any atom is -0.481 e. The first-order chi connectivity index (χ1) is 36.1. The number of likely N-dealkylation sites (tertiary alicyclic amines) is 1. The number of carbonyl (C=O) groups excluding carboxylic acids is 11. The van der Waals surface area contributed by atoms with Crippen molar-refractivity contribution >= 4 is 113 Å². The van der Waals surface area contributed by atoms with Crippen molar-refractivity contribution in [2.24, 2.45) is 11.7 Å². The van der Waals surface area contributed by atoms with Crippen LogP contribution in [0.15, 0.2) is 0 Å². The van der Waals surface area contributed by atoms with E-state index in [1.807, 2.05) is 10.6 Å². The standard InChI is InChI=1S/C43H68N12O20S2/c1-19(2)34(43(74)75)54-39(70)23(9-11-77-4)51-42(73)27-6-5-10-55(27)30(59)16-45-28(57)14-46-38(69)25(17-56)52-40(71)24(13-33(64)65)49-29(58)15-47-37(68)22(7-8-31(60)61)50-41(72)26(18-76)53-35(66)20(3)48-36(67)21(44)12-32(62)63/h19-27,34,56,76H,5-18,44H2,1-4H3,(H,45,57)(H,46,69)(H,47,68)(H,48,67)(H,49,58)(H,50,72)(H,51,73)(H,52,71)(H,53,66)(H,54,70)(H,60,61)(H,62,63)(H,64,65)(H,74,75)/t20-,21-,22-,23-,24-,25-,26-,27-,34-/m0/s1. The van der Waals surface area contributed by atoms with Gasteiger partial charge in [0, 0.05) is 18.7 Å². The van der Waals surface area contributed by atoms with E-state index in [9.17, 15) is 92.3 Å². The minimum absolute atomic E-state index is 0.107. The summed E-state index contributed by atoms with van der Waals surface area (Å²) in [5, 5.41) is 69.0. The smallest absolute Gasteiger partial charge is 0.326 e. The van der Waals surface area contributed by atoms with Gasteiger partial charge in [-0.1, -0.05) is 13.8 Å². The number of nitrogens with zero attached hydrogens (tertiary/aromatic N) is 1. The molecular weight excluding hydrogens is 1070 g/mol. The number of carbonyl (C=O) groups is 15. The maximum atomic E-state index is 13.4. The summed E-state index contributed by atoms with van der Waals surface area (Å²) in [7, 11) is 0. The first-order valence-corrected chi connectivity index (χ1v) is 25.7. The molecule has 1 rings (SSSR count). The molecule has 0 aromatic carbocycles. The lowest BCUT2D eigenvalue weighted by Gasteiger charge is -2.27. The second-order valence-electron chi connectivity index (χ2n) is 17.5. The Balaban J connectivity index is 2.88. The lowest BCUT2D eigenvalue weighted by atomic mass is 10.0. The normalized spacial score (nSPS) is 15.9. The summed E-state index contributed by atoms with van der Waals surface area (Å²) in [6.07, 6.45) is -0.652. The Bertz CT molecular complexity index is 2190.